The van der Waals surface area contributed by atoms with Gasteiger partial charge in [-0.05, 0) is 70.0 Å². The highest BCUT2D eigenvalue weighted by atomic mass is 16.6. The fourth-order valence-corrected chi connectivity index (χ4v) is 4.54. The zero-order valence-electron chi connectivity index (χ0n) is 16.7. The van der Waals surface area contributed by atoms with Crippen LogP contribution in [0.4, 0.5) is 0 Å². The number of esters is 1. The molecule has 0 spiro atoms. The Balaban J connectivity index is 1.78. The normalized spacial score (nSPS) is 25.3. The molecule has 5 nitrogen and oxygen atoms in total. The Hall–Kier alpha value is -2.11. The van der Waals surface area contributed by atoms with E-state index >= 15 is 0 Å². The highest BCUT2D eigenvalue weighted by Crippen LogP contribution is 2.42. The zero-order chi connectivity index (χ0) is 19.6. The molecule has 0 unspecified atom stereocenters. The van der Waals surface area contributed by atoms with Crippen LogP contribution in [-0.4, -0.2) is 51.4 Å². The average Bonchev–Trinajstić information content (AvgIpc) is 2.85. The molecule has 5 heteroatoms. The minimum Gasteiger partial charge on any atom is -0.459 e. The number of hydrogen-bond donors (Lipinski definition) is 1. The summed E-state index contributed by atoms with van der Waals surface area (Å²) in [5, 5.41) is 11.8. The second kappa shape index (κ2) is 5.94. The van der Waals surface area contributed by atoms with Crippen LogP contribution < -0.4 is 0 Å². The Kier molecular flexibility index (Phi) is 4.02. The van der Waals surface area contributed by atoms with Gasteiger partial charge in [0.05, 0.1) is 5.60 Å². The Morgan fingerprint density at radius 1 is 1.37 bits per heavy atom. The predicted octanol–water partition coefficient (Wildman–Crippen LogP) is 2.99. The van der Waals surface area contributed by atoms with Crippen molar-refractivity contribution in [1.82, 2.24) is 9.47 Å². The van der Waals surface area contributed by atoms with E-state index in [9.17, 15) is 9.90 Å². The molecule has 0 saturated carbocycles. The number of hydrogen-bond acceptors (Lipinski definition) is 4. The number of carbonyl (C=O) groups is 1. The van der Waals surface area contributed by atoms with Crippen LogP contribution in [0.5, 0.6) is 0 Å². The van der Waals surface area contributed by atoms with Crippen molar-refractivity contribution in [2.45, 2.75) is 57.9 Å². The lowest BCUT2D eigenvalue weighted by atomic mass is 9.79. The molecule has 144 valence electrons. The van der Waals surface area contributed by atoms with E-state index in [-0.39, 0.29) is 18.6 Å². The molecule has 0 fully saturated rings. The van der Waals surface area contributed by atoms with Crippen molar-refractivity contribution in [3.63, 3.8) is 0 Å². The Morgan fingerprint density at radius 2 is 2.11 bits per heavy atom. The van der Waals surface area contributed by atoms with Crippen LogP contribution in [0.25, 0.3) is 16.5 Å². The largest absolute Gasteiger partial charge is 0.459 e. The van der Waals surface area contributed by atoms with Gasteiger partial charge in [0.1, 0.15) is 12.1 Å². The van der Waals surface area contributed by atoms with Crippen molar-refractivity contribution < 1.29 is 14.6 Å². The van der Waals surface area contributed by atoms with Crippen LogP contribution >= 0.6 is 0 Å². The summed E-state index contributed by atoms with van der Waals surface area (Å²) in [5.41, 5.74) is 3.31. The van der Waals surface area contributed by atoms with Crippen LogP contribution in [0, 0.1) is 0 Å². The van der Waals surface area contributed by atoms with E-state index in [4.69, 9.17) is 4.74 Å². The first-order valence-corrected chi connectivity index (χ1v) is 9.52. The van der Waals surface area contributed by atoms with Gasteiger partial charge in [-0.3, -0.25) is 9.69 Å². The number of benzene rings is 1. The number of likely N-dealkylation sites (N-methyl/N-ethyl adjacent to an activating group) is 1. The van der Waals surface area contributed by atoms with Crippen LogP contribution in [0.1, 0.15) is 38.8 Å². The molecular formula is C22H28N2O3. The van der Waals surface area contributed by atoms with Gasteiger partial charge in [0.25, 0.3) is 0 Å². The predicted molar refractivity (Wildman–Crippen MR) is 107 cm³/mol. The number of fused-ring (bicyclic) bond motifs is 2. The SMILES string of the molecule is CN1C[C@@](C)(O)C=C2c3cccc4c3c(cn4CC(=O)OC(C)(C)C)C[C@H]21. The lowest BCUT2D eigenvalue weighted by Gasteiger charge is -2.42. The number of aromatic nitrogens is 1. The molecule has 0 radical (unpaired) electrons. The Morgan fingerprint density at radius 3 is 2.81 bits per heavy atom. The molecule has 0 saturated heterocycles. The first-order valence-electron chi connectivity index (χ1n) is 9.52. The van der Waals surface area contributed by atoms with E-state index in [1.165, 1.54) is 16.5 Å². The lowest BCUT2D eigenvalue weighted by Crippen LogP contribution is -2.49. The van der Waals surface area contributed by atoms with Crippen LogP contribution in [0.15, 0.2) is 30.5 Å². The molecule has 4 rings (SSSR count). The second-order valence-electron chi connectivity index (χ2n) is 9.16. The van der Waals surface area contributed by atoms with Gasteiger partial charge in [-0.1, -0.05) is 12.1 Å². The van der Waals surface area contributed by atoms with Gasteiger partial charge in [0, 0.05) is 29.7 Å². The maximum Gasteiger partial charge on any atom is 0.326 e. The molecule has 2 atom stereocenters. The minimum atomic E-state index is -0.834. The summed E-state index contributed by atoms with van der Waals surface area (Å²) in [6.07, 6.45) is 4.99. The molecule has 0 amide bonds. The van der Waals surface area contributed by atoms with Gasteiger partial charge in [0.2, 0.25) is 0 Å². The molecular weight excluding hydrogens is 340 g/mol. The summed E-state index contributed by atoms with van der Waals surface area (Å²) in [6.45, 7) is 8.33. The highest BCUT2D eigenvalue weighted by molar-refractivity contribution is 5.99. The van der Waals surface area contributed by atoms with E-state index < -0.39 is 11.2 Å². The molecule has 1 aromatic heterocycles. The van der Waals surface area contributed by atoms with Gasteiger partial charge in [-0.2, -0.15) is 0 Å². The maximum absolute atomic E-state index is 12.4. The number of β-amino-alcohol motifs (C(OH)–C–C–N with tert-alkyl or cyclic N) is 1. The van der Waals surface area contributed by atoms with Crippen molar-refractivity contribution in [1.29, 1.82) is 0 Å². The number of ether oxygens (including phenoxy) is 1. The molecule has 1 N–H and O–H groups in total. The monoisotopic (exact) mass is 368 g/mol. The van der Waals surface area contributed by atoms with Gasteiger partial charge < -0.3 is 14.4 Å². The molecule has 1 aromatic carbocycles. The first-order chi connectivity index (χ1) is 12.5. The van der Waals surface area contributed by atoms with Crippen LogP contribution in [0.2, 0.25) is 0 Å². The highest BCUT2D eigenvalue weighted by Gasteiger charge is 2.37. The fraction of sp³-hybridized carbons (Fsp3) is 0.500. The standard InChI is InChI=1S/C22H28N2O3/c1-21(2,3)27-19(25)12-24-11-14-9-18-16(10-22(4,26)13-23(18)5)15-7-6-8-17(24)20(14)15/h6-8,10-11,18,26H,9,12-13H2,1-5H3/t18-,22+/m1/s1. The fourth-order valence-electron chi connectivity index (χ4n) is 4.54. The minimum absolute atomic E-state index is 0.203. The first kappa shape index (κ1) is 18.3. The zero-order valence-corrected chi connectivity index (χ0v) is 16.7. The topological polar surface area (TPSA) is 54.7 Å². The van der Waals surface area contributed by atoms with Crippen LogP contribution in [0.3, 0.4) is 0 Å². The van der Waals surface area contributed by atoms with Crippen LogP contribution in [-0.2, 0) is 22.5 Å². The van der Waals surface area contributed by atoms with Crippen molar-refractivity contribution in [3.8, 4) is 0 Å². The van der Waals surface area contributed by atoms with E-state index in [1.54, 1.807) is 0 Å². The third kappa shape index (κ3) is 3.30. The summed E-state index contributed by atoms with van der Waals surface area (Å²) in [6, 6.07) is 6.45. The lowest BCUT2D eigenvalue weighted by molar-refractivity contribution is -0.155. The van der Waals surface area contributed by atoms with Gasteiger partial charge >= 0.3 is 5.97 Å². The quantitative estimate of drug-likeness (QED) is 0.828. The number of nitrogens with zero attached hydrogens (tertiary/aromatic N) is 2. The third-order valence-electron chi connectivity index (χ3n) is 5.36. The van der Waals surface area contributed by atoms with Crippen molar-refractivity contribution in [2.24, 2.45) is 0 Å². The van der Waals surface area contributed by atoms with Gasteiger partial charge in [-0.25, -0.2) is 0 Å². The molecule has 2 heterocycles. The van der Waals surface area contributed by atoms with Crippen molar-refractivity contribution >= 4 is 22.4 Å². The summed E-state index contributed by atoms with van der Waals surface area (Å²) in [5.74, 6) is -0.229. The van der Waals surface area contributed by atoms with Crippen molar-refractivity contribution in [2.75, 3.05) is 13.6 Å². The van der Waals surface area contributed by atoms with E-state index in [0.29, 0.717) is 6.54 Å². The number of aliphatic hydroxyl groups is 1. The number of carbonyl (C=O) groups excluding carboxylic acids is 1. The summed E-state index contributed by atoms with van der Waals surface area (Å²) in [7, 11) is 2.06. The van der Waals surface area contributed by atoms with Gasteiger partial charge in [-0.15, -0.1) is 0 Å². The summed E-state index contributed by atoms with van der Waals surface area (Å²) >= 11 is 0. The van der Waals surface area contributed by atoms with Crippen molar-refractivity contribution in [3.05, 3.63) is 41.6 Å². The number of rotatable bonds is 2. The van der Waals surface area contributed by atoms with E-state index in [1.807, 2.05) is 44.4 Å². The summed E-state index contributed by atoms with van der Waals surface area (Å²) < 4.78 is 7.50. The molecule has 1 aliphatic heterocycles. The average molecular weight is 368 g/mol. The second-order valence-corrected chi connectivity index (χ2v) is 9.16. The van der Waals surface area contributed by atoms with E-state index in [0.717, 1.165) is 17.5 Å². The molecule has 0 bridgehead atoms. The van der Waals surface area contributed by atoms with E-state index in [2.05, 4.69) is 30.3 Å². The summed E-state index contributed by atoms with van der Waals surface area (Å²) in [4.78, 5) is 14.6. The maximum atomic E-state index is 12.4. The molecule has 2 aliphatic rings. The molecule has 2 aromatic rings. The smallest absolute Gasteiger partial charge is 0.326 e. The van der Waals surface area contributed by atoms with Gasteiger partial charge in [0.15, 0.2) is 0 Å². The molecule has 1 aliphatic carbocycles. The Bertz CT molecular complexity index is 946. The Labute approximate surface area is 160 Å². The third-order valence-corrected chi connectivity index (χ3v) is 5.36. The molecule has 27 heavy (non-hydrogen) atoms.